The van der Waals surface area contributed by atoms with Gasteiger partial charge in [-0.05, 0) is 42.2 Å². The average Bonchev–Trinajstić information content (AvgIpc) is 2.27. The summed E-state index contributed by atoms with van der Waals surface area (Å²) in [7, 11) is 0. The number of para-hydroxylation sites is 1. The molecule has 2 aromatic rings. The monoisotopic (exact) mass is 215 g/mol. The van der Waals surface area contributed by atoms with Crippen molar-refractivity contribution in [1.29, 1.82) is 0 Å². The molecule has 82 valence electrons. The van der Waals surface area contributed by atoms with E-state index < -0.39 is 0 Å². The lowest BCUT2D eigenvalue weighted by Crippen LogP contribution is -1.96. The quantitative estimate of drug-likeness (QED) is 0.764. The molecule has 0 fully saturated rings. The van der Waals surface area contributed by atoms with E-state index in [0.29, 0.717) is 5.56 Å². The summed E-state index contributed by atoms with van der Waals surface area (Å²) in [5.74, 6) is -0.162. The summed E-state index contributed by atoms with van der Waals surface area (Å²) < 4.78 is 13.1. The van der Waals surface area contributed by atoms with E-state index in [1.807, 2.05) is 30.3 Å². The van der Waals surface area contributed by atoms with Crippen LogP contribution >= 0.6 is 0 Å². The molecular weight excluding hydrogens is 201 g/mol. The van der Waals surface area contributed by atoms with Gasteiger partial charge in [-0.1, -0.05) is 30.3 Å². The first-order chi connectivity index (χ1) is 7.66. The molecule has 2 heteroatoms. The second-order valence-electron chi connectivity index (χ2n) is 3.96. The summed E-state index contributed by atoms with van der Waals surface area (Å²) in [4.78, 5) is 0. The number of nitrogens with two attached hydrogens (primary N) is 1. The lowest BCUT2D eigenvalue weighted by molar-refractivity contribution is 0.618. The molecule has 0 aliphatic rings. The Balaban J connectivity index is 2.28. The first-order valence-corrected chi connectivity index (χ1v) is 5.25. The van der Waals surface area contributed by atoms with Crippen LogP contribution in [0.2, 0.25) is 0 Å². The van der Waals surface area contributed by atoms with Gasteiger partial charge in [0.1, 0.15) is 5.82 Å². The molecule has 2 aromatic carbocycles. The zero-order chi connectivity index (χ0) is 11.5. The van der Waals surface area contributed by atoms with Crippen molar-refractivity contribution in [2.75, 3.05) is 5.73 Å². The molecule has 2 N–H and O–H groups in total. The Hall–Kier alpha value is -1.83. The predicted molar refractivity (Wildman–Crippen MR) is 64.8 cm³/mol. The van der Waals surface area contributed by atoms with Crippen molar-refractivity contribution in [1.82, 2.24) is 0 Å². The second kappa shape index (κ2) is 4.35. The zero-order valence-electron chi connectivity index (χ0n) is 9.20. The number of halogens is 1. The Morgan fingerprint density at radius 2 is 1.88 bits per heavy atom. The van der Waals surface area contributed by atoms with Gasteiger partial charge in [-0.3, -0.25) is 0 Å². The summed E-state index contributed by atoms with van der Waals surface area (Å²) in [6, 6.07) is 12.9. The third kappa shape index (κ3) is 2.22. The Bertz CT molecular complexity index is 506. The molecule has 0 bridgehead atoms. The molecule has 0 spiro atoms. The van der Waals surface area contributed by atoms with Crippen LogP contribution in [-0.4, -0.2) is 0 Å². The minimum Gasteiger partial charge on any atom is -0.398 e. The van der Waals surface area contributed by atoms with Crippen LogP contribution in [0.1, 0.15) is 16.7 Å². The smallest absolute Gasteiger partial charge is 0.126 e. The highest BCUT2D eigenvalue weighted by Gasteiger charge is 2.02. The highest BCUT2D eigenvalue weighted by atomic mass is 19.1. The van der Waals surface area contributed by atoms with Crippen LogP contribution in [0.5, 0.6) is 0 Å². The summed E-state index contributed by atoms with van der Waals surface area (Å²) in [6.45, 7) is 1.77. The fourth-order valence-electron chi connectivity index (χ4n) is 1.73. The number of hydrogen-bond acceptors (Lipinski definition) is 1. The lowest BCUT2D eigenvalue weighted by Gasteiger charge is -2.06. The van der Waals surface area contributed by atoms with Crippen LogP contribution in [0, 0.1) is 12.7 Å². The minimum atomic E-state index is -0.162. The summed E-state index contributed by atoms with van der Waals surface area (Å²) in [5.41, 5.74) is 9.48. The zero-order valence-corrected chi connectivity index (χ0v) is 9.20. The van der Waals surface area contributed by atoms with Gasteiger partial charge in [-0.2, -0.15) is 0 Å². The van der Waals surface area contributed by atoms with Gasteiger partial charge in [-0.25, -0.2) is 4.39 Å². The van der Waals surface area contributed by atoms with E-state index in [2.05, 4.69) is 0 Å². The molecule has 0 aromatic heterocycles. The van der Waals surface area contributed by atoms with Crippen molar-refractivity contribution in [2.45, 2.75) is 13.3 Å². The molecule has 0 atom stereocenters. The number of rotatable bonds is 2. The van der Waals surface area contributed by atoms with Gasteiger partial charge in [-0.15, -0.1) is 0 Å². The third-order valence-corrected chi connectivity index (χ3v) is 2.67. The van der Waals surface area contributed by atoms with Crippen LogP contribution < -0.4 is 5.73 Å². The van der Waals surface area contributed by atoms with Gasteiger partial charge >= 0.3 is 0 Å². The van der Waals surface area contributed by atoms with Crippen molar-refractivity contribution in [3.05, 3.63) is 65.0 Å². The van der Waals surface area contributed by atoms with Crippen LogP contribution in [0.3, 0.4) is 0 Å². The third-order valence-electron chi connectivity index (χ3n) is 2.67. The maximum absolute atomic E-state index is 13.1. The number of hydrogen-bond donors (Lipinski definition) is 1. The maximum Gasteiger partial charge on any atom is 0.126 e. The Morgan fingerprint density at radius 1 is 1.12 bits per heavy atom. The van der Waals surface area contributed by atoms with Crippen LogP contribution in [0.4, 0.5) is 10.1 Å². The summed E-state index contributed by atoms with van der Waals surface area (Å²) >= 11 is 0. The number of aryl methyl sites for hydroxylation is 1. The van der Waals surface area contributed by atoms with E-state index in [1.54, 1.807) is 13.0 Å². The van der Waals surface area contributed by atoms with E-state index in [0.717, 1.165) is 23.2 Å². The van der Waals surface area contributed by atoms with Crippen molar-refractivity contribution >= 4 is 5.69 Å². The molecule has 1 nitrogen and oxygen atoms in total. The Kier molecular flexibility index (Phi) is 2.91. The molecule has 0 saturated carbocycles. The Labute approximate surface area is 94.7 Å². The molecule has 0 saturated heterocycles. The highest BCUT2D eigenvalue weighted by Crippen LogP contribution is 2.17. The summed E-state index contributed by atoms with van der Waals surface area (Å²) in [6.07, 6.45) is 0.744. The van der Waals surface area contributed by atoms with Gasteiger partial charge in [0.25, 0.3) is 0 Å². The van der Waals surface area contributed by atoms with Gasteiger partial charge < -0.3 is 5.73 Å². The summed E-state index contributed by atoms with van der Waals surface area (Å²) in [5, 5.41) is 0. The standard InChI is InChI=1S/C14H14FN/c1-10-8-11(6-7-13(10)15)9-12-4-2-3-5-14(12)16/h2-8H,9,16H2,1H3. The van der Waals surface area contributed by atoms with Crippen molar-refractivity contribution in [3.63, 3.8) is 0 Å². The first-order valence-electron chi connectivity index (χ1n) is 5.25. The fraction of sp³-hybridized carbons (Fsp3) is 0.143. The first kappa shape index (κ1) is 10.7. The maximum atomic E-state index is 13.1. The largest absolute Gasteiger partial charge is 0.398 e. The lowest BCUT2D eigenvalue weighted by atomic mass is 10.0. The number of nitrogen functional groups attached to an aromatic ring is 1. The molecule has 16 heavy (non-hydrogen) atoms. The molecule has 0 radical (unpaired) electrons. The second-order valence-corrected chi connectivity index (χ2v) is 3.96. The van der Waals surface area contributed by atoms with Gasteiger partial charge in [0.15, 0.2) is 0 Å². The fourth-order valence-corrected chi connectivity index (χ4v) is 1.73. The molecule has 0 amide bonds. The van der Waals surface area contributed by atoms with Crippen molar-refractivity contribution < 1.29 is 4.39 Å². The molecule has 0 aliphatic carbocycles. The normalized spacial score (nSPS) is 10.4. The SMILES string of the molecule is Cc1cc(Cc2ccccc2N)ccc1F. The topological polar surface area (TPSA) is 26.0 Å². The Morgan fingerprint density at radius 3 is 2.56 bits per heavy atom. The number of anilines is 1. The highest BCUT2D eigenvalue weighted by molar-refractivity contribution is 5.48. The van der Waals surface area contributed by atoms with E-state index in [1.165, 1.54) is 6.07 Å². The minimum absolute atomic E-state index is 0.162. The van der Waals surface area contributed by atoms with Crippen LogP contribution in [0.25, 0.3) is 0 Å². The van der Waals surface area contributed by atoms with E-state index >= 15 is 0 Å². The van der Waals surface area contributed by atoms with Crippen LogP contribution in [0.15, 0.2) is 42.5 Å². The molecule has 0 aliphatic heterocycles. The average molecular weight is 215 g/mol. The molecule has 0 unspecified atom stereocenters. The van der Waals surface area contributed by atoms with E-state index in [9.17, 15) is 4.39 Å². The number of benzene rings is 2. The molecular formula is C14H14FN. The van der Waals surface area contributed by atoms with Gasteiger partial charge in [0, 0.05) is 5.69 Å². The van der Waals surface area contributed by atoms with E-state index in [4.69, 9.17) is 5.73 Å². The van der Waals surface area contributed by atoms with Crippen molar-refractivity contribution in [3.8, 4) is 0 Å². The molecule has 0 heterocycles. The van der Waals surface area contributed by atoms with Crippen LogP contribution in [-0.2, 0) is 6.42 Å². The van der Waals surface area contributed by atoms with Gasteiger partial charge in [0.2, 0.25) is 0 Å². The predicted octanol–water partition coefficient (Wildman–Crippen LogP) is 3.31. The van der Waals surface area contributed by atoms with Crippen molar-refractivity contribution in [2.24, 2.45) is 0 Å². The van der Waals surface area contributed by atoms with Gasteiger partial charge in [0.05, 0.1) is 0 Å². The van der Waals surface area contributed by atoms with E-state index in [-0.39, 0.29) is 5.82 Å². The molecule has 2 rings (SSSR count).